The molecule has 1 saturated heterocycles. The van der Waals surface area contributed by atoms with Crippen molar-refractivity contribution < 1.29 is 14.4 Å². The lowest BCUT2D eigenvalue weighted by molar-refractivity contribution is -0.909. The van der Waals surface area contributed by atoms with Crippen LogP contribution in [0, 0.1) is 0 Å². The minimum Gasteiger partial charge on any atom is -0.484 e. The van der Waals surface area contributed by atoms with E-state index < -0.39 is 0 Å². The first-order chi connectivity index (χ1) is 9.69. The van der Waals surface area contributed by atoms with Gasteiger partial charge >= 0.3 is 0 Å². The van der Waals surface area contributed by atoms with Gasteiger partial charge in [0.25, 0.3) is 5.91 Å². The highest BCUT2D eigenvalue weighted by Crippen LogP contribution is 2.15. The van der Waals surface area contributed by atoms with Crippen molar-refractivity contribution in [2.45, 2.75) is 25.8 Å². The van der Waals surface area contributed by atoms with Gasteiger partial charge in [0.2, 0.25) is 0 Å². The van der Waals surface area contributed by atoms with Crippen molar-refractivity contribution in [2.75, 3.05) is 26.2 Å². The van der Waals surface area contributed by atoms with E-state index in [9.17, 15) is 4.79 Å². The summed E-state index contributed by atoms with van der Waals surface area (Å²) in [6, 6.07) is 7.57. The molecule has 2 N–H and O–H groups in total. The molecule has 0 spiro atoms. The van der Waals surface area contributed by atoms with Crippen molar-refractivity contribution >= 4 is 17.5 Å². The van der Waals surface area contributed by atoms with Crippen LogP contribution in [0.3, 0.4) is 0 Å². The second kappa shape index (κ2) is 7.50. The maximum atomic E-state index is 11.8. The average molecular weight is 298 g/mol. The molecule has 0 aliphatic carbocycles. The number of ether oxygens (including phenoxy) is 1. The molecule has 1 aliphatic heterocycles. The first kappa shape index (κ1) is 15.1. The summed E-state index contributed by atoms with van der Waals surface area (Å²) in [5.41, 5.74) is 0. The molecule has 1 heterocycles. The second-order valence-corrected chi connectivity index (χ2v) is 5.58. The van der Waals surface area contributed by atoms with Crippen LogP contribution in [0.1, 0.15) is 19.8 Å². The topological polar surface area (TPSA) is 42.8 Å². The molecule has 5 heteroatoms. The molecule has 1 aromatic rings. The van der Waals surface area contributed by atoms with Crippen LogP contribution in [0.5, 0.6) is 5.75 Å². The third-order valence-electron chi connectivity index (χ3n) is 3.81. The van der Waals surface area contributed by atoms with E-state index in [1.54, 1.807) is 29.2 Å². The van der Waals surface area contributed by atoms with Crippen molar-refractivity contribution in [1.82, 2.24) is 5.32 Å². The zero-order valence-corrected chi connectivity index (χ0v) is 12.6. The molecule has 0 bridgehead atoms. The van der Waals surface area contributed by atoms with Crippen molar-refractivity contribution in [1.29, 1.82) is 0 Å². The predicted molar refractivity (Wildman–Crippen MR) is 79.3 cm³/mol. The summed E-state index contributed by atoms with van der Waals surface area (Å²) in [7, 11) is 0. The second-order valence-electron chi connectivity index (χ2n) is 5.15. The minimum atomic E-state index is -0.0673. The van der Waals surface area contributed by atoms with Crippen molar-refractivity contribution in [3.63, 3.8) is 0 Å². The van der Waals surface area contributed by atoms with Crippen LogP contribution in [0.2, 0.25) is 5.02 Å². The number of benzene rings is 1. The van der Waals surface area contributed by atoms with Crippen LogP contribution in [0.4, 0.5) is 0 Å². The third-order valence-corrected chi connectivity index (χ3v) is 4.06. The van der Waals surface area contributed by atoms with E-state index in [4.69, 9.17) is 16.3 Å². The fraction of sp³-hybridized carbons (Fsp3) is 0.533. The lowest BCUT2D eigenvalue weighted by Crippen LogP contribution is -3.14. The summed E-state index contributed by atoms with van der Waals surface area (Å²) < 4.78 is 5.41. The highest BCUT2D eigenvalue weighted by atomic mass is 35.5. The normalized spacial score (nSPS) is 21.7. The summed E-state index contributed by atoms with van der Waals surface area (Å²) in [5.74, 6) is 0.591. The van der Waals surface area contributed by atoms with Gasteiger partial charge < -0.3 is 15.0 Å². The number of hydrogen-bond acceptors (Lipinski definition) is 2. The molecule has 0 saturated carbocycles. The summed E-state index contributed by atoms with van der Waals surface area (Å²) in [6.07, 6.45) is 2.45. The van der Waals surface area contributed by atoms with Gasteiger partial charge in [-0.2, -0.15) is 0 Å². The van der Waals surface area contributed by atoms with Crippen LogP contribution in [-0.4, -0.2) is 38.2 Å². The van der Waals surface area contributed by atoms with Crippen molar-refractivity contribution in [2.24, 2.45) is 0 Å². The van der Waals surface area contributed by atoms with E-state index in [0.717, 1.165) is 13.1 Å². The number of likely N-dealkylation sites (tertiary alicyclic amines) is 1. The molecule has 2 atom stereocenters. The summed E-state index contributed by atoms with van der Waals surface area (Å²) in [5, 5.41) is 3.62. The minimum absolute atomic E-state index is 0.0514. The molecule has 1 aliphatic rings. The van der Waals surface area contributed by atoms with Gasteiger partial charge in [0, 0.05) is 17.9 Å². The van der Waals surface area contributed by atoms with Gasteiger partial charge in [0.1, 0.15) is 11.8 Å². The number of likely N-dealkylation sites (N-methyl/N-ethyl adjacent to an activating group) is 1. The third kappa shape index (κ3) is 4.39. The highest BCUT2D eigenvalue weighted by Gasteiger charge is 2.26. The Morgan fingerprint density at radius 3 is 2.90 bits per heavy atom. The molecule has 0 radical (unpaired) electrons. The van der Waals surface area contributed by atoms with E-state index in [1.807, 2.05) is 0 Å². The lowest BCUT2D eigenvalue weighted by atomic mass is 10.2. The van der Waals surface area contributed by atoms with E-state index in [-0.39, 0.29) is 12.5 Å². The molecule has 20 heavy (non-hydrogen) atoms. The molecular weight excluding hydrogens is 276 g/mol. The van der Waals surface area contributed by atoms with Crippen LogP contribution in [-0.2, 0) is 4.79 Å². The number of nitrogens with one attached hydrogen (secondary N) is 2. The summed E-state index contributed by atoms with van der Waals surface area (Å²) >= 11 is 5.79. The fourth-order valence-electron chi connectivity index (χ4n) is 2.66. The van der Waals surface area contributed by atoms with Gasteiger partial charge in [-0.1, -0.05) is 11.6 Å². The quantitative estimate of drug-likeness (QED) is 0.819. The summed E-state index contributed by atoms with van der Waals surface area (Å²) in [4.78, 5) is 13.4. The molecule has 110 valence electrons. The Bertz CT molecular complexity index is 436. The zero-order valence-electron chi connectivity index (χ0n) is 11.8. The van der Waals surface area contributed by atoms with E-state index in [0.29, 0.717) is 16.8 Å². The molecule has 1 fully saturated rings. The Balaban J connectivity index is 1.69. The Labute approximate surface area is 125 Å². The maximum Gasteiger partial charge on any atom is 0.258 e. The van der Waals surface area contributed by atoms with Crippen LogP contribution in [0.25, 0.3) is 0 Å². The number of halogens is 1. The van der Waals surface area contributed by atoms with Crippen LogP contribution >= 0.6 is 11.6 Å². The van der Waals surface area contributed by atoms with Gasteiger partial charge in [-0.25, -0.2) is 0 Å². The summed E-state index contributed by atoms with van der Waals surface area (Å²) in [6.45, 7) is 5.33. The Morgan fingerprint density at radius 1 is 1.45 bits per heavy atom. The molecule has 1 unspecified atom stereocenters. The molecule has 4 nitrogen and oxygen atoms in total. The Morgan fingerprint density at radius 2 is 2.20 bits per heavy atom. The predicted octanol–water partition coefficient (Wildman–Crippen LogP) is 0.902. The van der Waals surface area contributed by atoms with E-state index >= 15 is 0 Å². The van der Waals surface area contributed by atoms with E-state index in [2.05, 4.69) is 12.2 Å². The number of carbonyl (C=O) groups is 1. The molecule has 2 rings (SSSR count). The van der Waals surface area contributed by atoms with Crippen LogP contribution < -0.4 is 15.0 Å². The van der Waals surface area contributed by atoms with Crippen molar-refractivity contribution in [3.05, 3.63) is 29.3 Å². The van der Waals surface area contributed by atoms with Gasteiger partial charge in [-0.15, -0.1) is 0 Å². The first-order valence-electron chi connectivity index (χ1n) is 7.18. The monoisotopic (exact) mass is 297 g/mol. The fourth-order valence-corrected chi connectivity index (χ4v) is 2.79. The molecule has 0 aromatic heterocycles. The van der Waals surface area contributed by atoms with Gasteiger partial charge in [-0.05, 0) is 31.2 Å². The Kier molecular flexibility index (Phi) is 5.68. The Hall–Kier alpha value is -1.26. The smallest absolute Gasteiger partial charge is 0.258 e. The number of hydrogen-bond donors (Lipinski definition) is 2. The van der Waals surface area contributed by atoms with Gasteiger partial charge in [0.15, 0.2) is 6.61 Å². The largest absolute Gasteiger partial charge is 0.484 e. The SMILES string of the molecule is CC[NH+]1CCC[C@@H]1CNC(=O)COc1ccc(Cl)cc1. The number of quaternary nitrogens is 1. The standard InChI is InChI=1S/C15H21ClN2O2/c1-2-18-9-3-4-13(18)10-17-15(19)11-20-14-7-5-12(16)6-8-14/h5-8,13H,2-4,9-11H2,1H3,(H,17,19)/p+1/t13-/m1/s1. The van der Waals surface area contributed by atoms with Crippen molar-refractivity contribution in [3.8, 4) is 5.75 Å². The number of rotatable bonds is 6. The zero-order chi connectivity index (χ0) is 14.4. The van der Waals surface area contributed by atoms with Gasteiger partial charge in [-0.3, -0.25) is 4.79 Å². The molecule has 1 aromatic carbocycles. The number of amides is 1. The highest BCUT2D eigenvalue weighted by molar-refractivity contribution is 6.30. The molecular formula is C15H22ClN2O2+. The first-order valence-corrected chi connectivity index (χ1v) is 7.56. The van der Waals surface area contributed by atoms with E-state index in [1.165, 1.54) is 19.4 Å². The average Bonchev–Trinajstić information content (AvgIpc) is 2.92. The van der Waals surface area contributed by atoms with Crippen LogP contribution in [0.15, 0.2) is 24.3 Å². The molecule has 1 amide bonds. The maximum absolute atomic E-state index is 11.8. The number of carbonyl (C=O) groups excluding carboxylic acids is 1. The lowest BCUT2D eigenvalue weighted by Gasteiger charge is -2.20. The van der Waals surface area contributed by atoms with Gasteiger partial charge in [0.05, 0.1) is 19.6 Å².